The summed E-state index contributed by atoms with van der Waals surface area (Å²) in [5.74, 6) is 1.69. The molecule has 1 unspecified atom stereocenters. The predicted octanol–water partition coefficient (Wildman–Crippen LogP) is 2.87. The van der Waals surface area contributed by atoms with E-state index >= 15 is 0 Å². The van der Waals surface area contributed by atoms with Crippen molar-refractivity contribution in [1.82, 2.24) is 4.90 Å². The summed E-state index contributed by atoms with van der Waals surface area (Å²) in [7, 11) is 0. The Morgan fingerprint density at radius 3 is 2.31 bits per heavy atom. The highest BCUT2D eigenvalue weighted by molar-refractivity contribution is 4.89. The first-order chi connectivity index (χ1) is 7.48. The van der Waals surface area contributed by atoms with Crippen LogP contribution in [0.25, 0.3) is 0 Å². The lowest BCUT2D eigenvalue weighted by Gasteiger charge is -2.44. The van der Waals surface area contributed by atoms with E-state index in [4.69, 9.17) is 5.73 Å². The molecule has 0 bridgehead atoms. The van der Waals surface area contributed by atoms with Gasteiger partial charge in [0.05, 0.1) is 0 Å². The molecular weight excluding hydrogens is 196 g/mol. The third-order valence-electron chi connectivity index (χ3n) is 4.25. The van der Waals surface area contributed by atoms with Crippen LogP contribution in [0, 0.1) is 11.8 Å². The van der Waals surface area contributed by atoms with Crippen molar-refractivity contribution in [1.29, 1.82) is 0 Å². The molecule has 1 atom stereocenters. The van der Waals surface area contributed by atoms with Crippen molar-refractivity contribution in [3.05, 3.63) is 0 Å². The fourth-order valence-electron chi connectivity index (χ4n) is 2.54. The van der Waals surface area contributed by atoms with Crippen LogP contribution in [0.1, 0.15) is 53.4 Å². The maximum Gasteiger partial charge on any atom is 0.0303 e. The van der Waals surface area contributed by atoms with Crippen LogP contribution in [0.5, 0.6) is 0 Å². The highest BCUT2D eigenvalue weighted by atomic mass is 15.2. The van der Waals surface area contributed by atoms with E-state index in [1.807, 2.05) is 0 Å². The third kappa shape index (κ3) is 3.74. The van der Waals surface area contributed by atoms with Crippen molar-refractivity contribution in [3.8, 4) is 0 Å². The van der Waals surface area contributed by atoms with Gasteiger partial charge in [-0.1, -0.05) is 20.8 Å². The normalized spacial score (nSPS) is 23.6. The molecule has 96 valence electrons. The Hall–Kier alpha value is -0.0800. The van der Waals surface area contributed by atoms with Crippen molar-refractivity contribution in [2.75, 3.05) is 19.6 Å². The molecule has 1 heterocycles. The Bertz CT molecular complexity index is 195. The molecule has 0 aromatic heterocycles. The van der Waals surface area contributed by atoms with Gasteiger partial charge >= 0.3 is 0 Å². The lowest BCUT2D eigenvalue weighted by atomic mass is 9.87. The zero-order valence-electron chi connectivity index (χ0n) is 11.6. The lowest BCUT2D eigenvalue weighted by molar-refractivity contribution is 0.0602. The average molecular weight is 226 g/mol. The molecule has 0 saturated carbocycles. The monoisotopic (exact) mass is 226 g/mol. The zero-order chi connectivity index (χ0) is 12.2. The Morgan fingerprint density at radius 2 is 1.88 bits per heavy atom. The van der Waals surface area contributed by atoms with E-state index in [1.54, 1.807) is 0 Å². The number of piperidine rings is 1. The smallest absolute Gasteiger partial charge is 0.0303 e. The molecule has 1 aliphatic heterocycles. The molecule has 1 fully saturated rings. The van der Waals surface area contributed by atoms with Gasteiger partial charge in [-0.25, -0.2) is 0 Å². The largest absolute Gasteiger partial charge is 0.329 e. The maximum atomic E-state index is 6.02. The fraction of sp³-hybridized carbons (Fsp3) is 1.00. The molecule has 1 rings (SSSR count). The Balaban J connectivity index is 2.50. The van der Waals surface area contributed by atoms with Crippen LogP contribution in [-0.2, 0) is 0 Å². The minimum atomic E-state index is 0.240. The summed E-state index contributed by atoms with van der Waals surface area (Å²) in [5, 5.41) is 0. The molecular formula is C14H30N2. The number of hydrogen-bond acceptors (Lipinski definition) is 2. The van der Waals surface area contributed by atoms with Crippen molar-refractivity contribution in [3.63, 3.8) is 0 Å². The molecule has 0 aromatic rings. The average Bonchev–Trinajstić information content (AvgIpc) is 2.27. The topological polar surface area (TPSA) is 29.3 Å². The van der Waals surface area contributed by atoms with Crippen molar-refractivity contribution in [2.24, 2.45) is 17.6 Å². The van der Waals surface area contributed by atoms with Crippen LogP contribution in [0.4, 0.5) is 0 Å². The first-order valence-corrected chi connectivity index (χ1v) is 6.93. The van der Waals surface area contributed by atoms with Gasteiger partial charge in [0.2, 0.25) is 0 Å². The molecule has 0 amide bonds. The van der Waals surface area contributed by atoms with E-state index in [9.17, 15) is 0 Å². The number of nitrogens with two attached hydrogens (primary N) is 1. The number of hydrogen-bond donors (Lipinski definition) is 1. The quantitative estimate of drug-likeness (QED) is 0.781. The summed E-state index contributed by atoms with van der Waals surface area (Å²) in [5.41, 5.74) is 6.26. The molecule has 2 nitrogen and oxygen atoms in total. The zero-order valence-corrected chi connectivity index (χ0v) is 11.6. The molecule has 0 radical (unpaired) electrons. The SMILES string of the molecule is CC(C)CCC(C)(CN)N1CCC(C)CC1. The van der Waals surface area contributed by atoms with Crippen LogP contribution in [0.2, 0.25) is 0 Å². The minimum Gasteiger partial charge on any atom is -0.329 e. The number of likely N-dealkylation sites (tertiary alicyclic amines) is 1. The Labute approximate surface area is 102 Å². The fourth-order valence-corrected chi connectivity index (χ4v) is 2.54. The maximum absolute atomic E-state index is 6.02. The Kier molecular flexibility index (Phi) is 5.26. The molecule has 0 spiro atoms. The summed E-state index contributed by atoms with van der Waals surface area (Å²) in [6, 6.07) is 0. The highest BCUT2D eigenvalue weighted by Gasteiger charge is 2.32. The summed E-state index contributed by atoms with van der Waals surface area (Å²) < 4.78 is 0. The van der Waals surface area contributed by atoms with Gasteiger partial charge in [0.15, 0.2) is 0 Å². The van der Waals surface area contributed by atoms with E-state index in [1.165, 1.54) is 38.8 Å². The minimum absolute atomic E-state index is 0.240. The van der Waals surface area contributed by atoms with Gasteiger partial charge in [-0.2, -0.15) is 0 Å². The lowest BCUT2D eigenvalue weighted by Crippen LogP contribution is -2.54. The molecule has 1 saturated heterocycles. The molecule has 0 aromatic carbocycles. The molecule has 0 aliphatic carbocycles. The van der Waals surface area contributed by atoms with Crippen LogP contribution in [0.3, 0.4) is 0 Å². The standard InChI is InChI=1S/C14H30N2/c1-12(2)5-8-14(4,11-15)16-9-6-13(3)7-10-16/h12-13H,5-11,15H2,1-4H3. The van der Waals surface area contributed by atoms with E-state index in [0.717, 1.165) is 18.4 Å². The third-order valence-corrected chi connectivity index (χ3v) is 4.25. The molecule has 2 heteroatoms. The van der Waals surface area contributed by atoms with Gasteiger partial charge in [0.1, 0.15) is 0 Å². The summed E-state index contributed by atoms with van der Waals surface area (Å²) in [6.45, 7) is 12.6. The summed E-state index contributed by atoms with van der Waals surface area (Å²) in [4.78, 5) is 2.63. The van der Waals surface area contributed by atoms with Crippen LogP contribution < -0.4 is 5.73 Å². The van der Waals surface area contributed by atoms with Gasteiger partial charge in [-0.05, 0) is 57.5 Å². The van der Waals surface area contributed by atoms with Crippen LogP contribution in [-0.4, -0.2) is 30.1 Å². The van der Waals surface area contributed by atoms with Crippen LogP contribution in [0.15, 0.2) is 0 Å². The van der Waals surface area contributed by atoms with Crippen molar-refractivity contribution < 1.29 is 0 Å². The van der Waals surface area contributed by atoms with Gasteiger partial charge < -0.3 is 5.73 Å². The first kappa shape index (κ1) is 14.0. The van der Waals surface area contributed by atoms with Gasteiger partial charge in [0, 0.05) is 12.1 Å². The van der Waals surface area contributed by atoms with E-state index in [-0.39, 0.29) is 5.54 Å². The Morgan fingerprint density at radius 1 is 1.31 bits per heavy atom. The molecule has 1 aliphatic rings. The van der Waals surface area contributed by atoms with E-state index in [0.29, 0.717) is 0 Å². The second-order valence-corrected chi connectivity index (χ2v) is 6.30. The molecule has 16 heavy (non-hydrogen) atoms. The number of nitrogens with zero attached hydrogens (tertiary/aromatic N) is 1. The predicted molar refractivity (Wildman–Crippen MR) is 71.5 cm³/mol. The summed E-state index contributed by atoms with van der Waals surface area (Å²) >= 11 is 0. The van der Waals surface area contributed by atoms with E-state index < -0.39 is 0 Å². The second kappa shape index (κ2) is 6.02. The first-order valence-electron chi connectivity index (χ1n) is 6.93. The van der Waals surface area contributed by atoms with Gasteiger partial charge in [-0.3, -0.25) is 4.90 Å². The molecule has 2 N–H and O–H groups in total. The number of rotatable bonds is 5. The summed E-state index contributed by atoms with van der Waals surface area (Å²) in [6.07, 6.45) is 5.23. The van der Waals surface area contributed by atoms with E-state index in [2.05, 4.69) is 32.6 Å². The van der Waals surface area contributed by atoms with Gasteiger partial charge in [-0.15, -0.1) is 0 Å². The van der Waals surface area contributed by atoms with Crippen molar-refractivity contribution >= 4 is 0 Å². The van der Waals surface area contributed by atoms with Crippen molar-refractivity contribution in [2.45, 2.75) is 58.9 Å². The van der Waals surface area contributed by atoms with Crippen LogP contribution >= 0.6 is 0 Å². The second-order valence-electron chi connectivity index (χ2n) is 6.30. The van der Waals surface area contributed by atoms with Gasteiger partial charge in [0.25, 0.3) is 0 Å². The highest BCUT2D eigenvalue weighted by Crippen LogP contribution is 2.27.